The van der Waals surface area contributed by atoms with Gasteiger partial charge in [-0.25, -0.2) is 4.98 Å². The van der Waals surface area contributed by atoms with Crippen molar-refractivity contribution in [2.45, 2.75) is 18.7 Å². The second-order valence-corrected chi connectivity index (χ2v) is 8.97. The van der Waals surface area contributed by atoms with Gasteiger partial charge in [0, 0.05) is 36.6 Å². The molecule has 164 valence electrons. The van der Waals surface area contributed by atoms with Gasteiger partial charge in [0.1, 0.15) is 0 Å². The predicted octanol–water partition coefficient (Wildman–Crippen LogP) is 4.78. The van der Waals surface area contributed by atoms with E-state index in [4.69, 9.17) is 14.5 Å². The number of thioether (sulfide) groups is 1. The maximum atomic E-state index is 13.1. The molecule has 2 aromatic carbocycles. The number of para-hydroxylation sites is 1. The van der Waals surface area contributed by atoms with Crippen molar-refractivity contribution >= 4 is 44.4 Å². The van der Waals surface area contributed by atoms with Gasteiger partial charge in [0.2, 0.25) is 0 Å². The third kappa shape index (κ3) is 4.60. The lowest BCUT2D eigenvalue weighted by molar-refractivity contribution is 0.0746. The Hall–Kier alpha value is -2.45. The Balaban J connectivity index is 1.45. The molecule has 6 nitrogen and oxygen atoms in total. The van der Waals surface area contributed by atoms with E-state index >= 15 is 0 Å². The number of hydrogen-bond acceptors (Lipinski definition) is 7. The van der Waals surface area contributed by atoms with Crippen molar-refractivity contribution in [3.63, 3.8) is 0 Å². The Labute approximate surface area is 191 Å². The van der Waals surface area contributed by atoms with Crippen LogP contribution in [0.15, 0.2) is 41.3 Å². The summed E-state index contributed by atoms with van der Waals surface area (Å²) >= 11 is 3.44. The van der Waals surface area contributed by atoms with E-state index in [1.807, 2.05) is 30.9 Å². The number of anilines is 1. The zero-order chi connectivity index (χ0) is 21.8. The first-order valence-corrected chi connectivity index (χ1v) is 12.6. The number of aromatic nitrogens is 1. The van der Waals surface area contributed by atoms with Crippen LogP contribution >= 0.6 is 23.1 Å². The fraction of sp³-hybridized carbons (Fsp3) is 0.391. The number of nitrogens with zero attached hydrogens (tertiary/aromatic N) is 3. The average Bonchev–Trinajstić information content (AvgIpc) is 3.25. The number of rotatable bonds is 7. The summed E-state index contributed by atoms with van der Waals surface area (Å²) in [6, 6.07) is 11.8. The van der Waals surface area contributed by atoms with Crippen LogP contribution in [-0.2, 0) is 0 Å². The zero-order valence-electron chi connectivity index (χ0n) is 18.1. The van der Waals surface area contributed by atoms with Crippen molar-refractivity contribution in [1.29, 1.82) is 0 Å². The molecule has 0 N–H and O–H groups in total. The summed E-state index contributed by atoms with van der Waals surface area (Å²) in [6.45, 7) is 7.82. The van der Waals surface area contributed by atoms with Crippen LogP contribution < -0.4 is 14.4 Å². The number of hydrogen-bond donors (Lipinski definition) is 0. The Morgan fingerprint density at radius 2 is 1.81 bits per heavy atom. The fourth-order valence-electron chi connectivity index (χ4n) is 3.68. The van der Waals surface area contributed by atoms with Crippen LogP contribution in [0.2, 0.25) is 0 Å². The normalized spacial score (nSPS) is 14.2. The molecule has 0 radical (unpaired) electrons. The summed E-state index contributed by atoms with van der Waals surface area (Å²) in [4.78, 5) is 23.4. The van der Waals surface area contributed by atoms with Crippen LogP contribution in [-0.4, -0.2) is 61.4 Å². The molecule has 3 aromatic rings. The first-order chi connectivity index (χ1) is 15.1. The summed E-state index contributed by atoms with van der Waals surface area (Å²) < 4.78 is 12.5. The number of fused-ring (bicyclic) bond motifs is 1. The standard InChI is InChI=1S/C23H27N3O3S2/c1-4-28-17-10-9-16(15-18(17)29-5-2)22(27)25-11-13-26(14-12-25)23-24-21-19(30-3)7-6-8-20(21)31-23/h6-10,15H,4-5,11-14H2,1-3H3. The first kappa shape index (κ1) is 21.8. The average molecular weight is 458 g/mol. The van der Waals surface area contributed by atoms with E-state index in [2.05, 4.69) is 29.4 Å². The highest BCUT2D eigenvalue weighted by atomic mass is 32.2. The molecule has 8 heteroatoms. The molecular formula is C23H27N3O3S2. The predicted molar refractivity (Wildman–Crippen MR) is 128 cm³/mol. The van der Waals surface area contributed by atoms with Gasteiger partial charge in [0.05, 0.1) is 23.4 Å². The molecule has 1 aliphatic rings. The Bertz CT molecular complexity index is 1060. The number of amides is 1. The van der Waals surface area contributed by atoms with Crippen molar-refractivity contribution in [2.75, 3.05) is 50.5 Å². The largest absolute Gasteiger partial charge is 0.490 e. The van der Waals surface area contributed by atoms with Gasteiger partial charge in [-0.3, -0.25) is 4.79 Å². The van der Waals surface area contributed by atoms with Gasteiger partial charge in [0.25, 0.3) is 5.91 Å². The molecule has 0 unspecified atom stereocenters. The molecule has 0 spiro atoms. The van der Waals surface area contributed by atoms with Crippen LogP contribution in [0.1, 0.15) is 24.2 Å². The molecule has 31 heavy (non-hydrogen) atoms. The fourth-order valence-corrected chi connectivity index (χ4v) is 5.35. The first-order valence-electron chi connectivity index (χ1n) is 10.5. The smallest absolute Gasteiger partial charge is 0.254 e. The number of ether oxygens (including phenoxy) is 2. The number of carbonyl (C=O) groups excluding carboxylic acids is 1. The monoisotopic (exact) mass is 457 g/mol. The van der Waals surface area contributed by atoms with E-state index < -0.39 is 0 Å². The van der Waals surface area contributed by atoms with Crippen LogP contribution in [0.3, 0.4) is 0 Å². The molecule has 0 saturated carbocycles. The van der Waals surface area contributed by atoms with Gasteiger partial charge in [-0.1, -0.05) is 17.4 Å². The number of piperazine rings is 1. The van der Waals surface area contributed by atoms with Crippen molar-refractivity contribution < 1.29 is 14.3 Å². The zero-order valence-corrected chi connectivity index (χ0v) is 19.7. The van der Waals surface area contributed by atoms with E-state index in [0.29, 0.717) is 43.4 Å². The molecule has 1 aliphatic heterocycles. The molecule has 0 bridgehead atoms. The maximum Gasteiger partial charge on any atom is 0.254 e. The highest BCUT2D eigenvalue weighted by Gasteiger charge is 2.25. The van der Waals surface area contributed by atoms with Gasteiger partial charge < -0.3 is 19.3 Å². The van der Waals surface area contributed by atoms with Crippen molar-refractivity contribution in [2.24, 2.45) is 0 Å². The number of thiazole rings is 1. The van der Waals surface area contributed by atoms with Crippen LogP contribution in [0.4, 0.5) is 5.13 Å². The van der Waals surface area contributed by atoms with E-state index in [-0.39, 0.29) is 5.91 Å². The summed E-state index contributed by atoms with van der Waals surface area (Å²) in [7, 11) is 0. The Kier molecular flexibility index (Phi) is 6.87. The SMILES string of the molecule is CCOc1ccc(C(=O)N2CCN(c3nc4c(SC)cccc4s3)CC2)cc1OCC. The molecule has 1 amide bonds. The lowest BCUT2D eigenvalue weighted by Crippen LogP contribution is -2.48. The van der Waals surface area contributed by atoms with Crippen molar-refractivity contribution in [3.05, 3.63) is 42.0 Å². The molecule has 2 heterocycles. The van der Waals surface area contributed by atoms with Crippen molar-refractivity contribution in [3.8, 4) is 11.5 Å². The summed E-state index contributed by atoms with van der Waals surface area (Å²) in [5.41, 5.74) is 1.70. The van der Waals surface area contributed by atoms with Gasteiger partial charge in [-0.05, 0) is 50.4 Å². The molecule has 1 saturated heterocycles. The number of benzene rings is 2. The second kappa shape index (κ2) is 9.78. The molecule has 4 rings (SSSR count). The van der Waals surface area contributed by atoms with Gasteiger partial charge in [0.15, 0.2) is 16.6 Å². The second-order valence-electron chi connectivity index (χ2n) is 7.11. The minimum absolute atomic E-state index is 0.0256. The summed E-state index contributed by atoms with van der Waals surface area (Å²) in [6.07, 6.45) is 2.08. The highest BCUT2D eigenvalue weighted by Crippen LogP contribution is 2.34. The highest BCUT2D eigenvalue weighted by molar-refractivity contribution is 7.98. The quantitative estimate of drug-likeness (QED) is 0.476. The maximum absolute atomic E-state index is 13.1. The summed E-state index contributed by atoms with van der Waals surface area (Å²) in [5, 5.41) is 1.03. The lowest BCUT2D eigenvalue weighted by Gasteiger charge is -2.34. The van der Waals surface area contributed by atoms with Gasteiger partial charge >= 0.3 is 0 Å². The number of carbonyl (C=O) groups is 1. The van der Waals surface area contributed by atoms with Crippen molar-refractivity contribution in [1.82, 2.24) is 9.88 Å². The minimum Gasteiger partial charge on any atom is -0.490 e. The van der Waals surface area contributed by atoms with Gasteiger partial charge in [-0.15, -0.1) is 11.8 Å². The molecule has 1 aromatic heterocycles. The van der Waals surface area contributed by atoms with E-state index in [1.165, 1.54) is 9.60 Å². The van der Waals surface area contributed by atoms with Gasteiger partial charge in [-0.2, -0.15) is 0 Å². The Morgan fingerprint density at radius 3 is 2.52 bits per heavy atom. The molecular weight excluding hydrogens is 430 g/mol. The topological polar surface area (TPSA) is 54.9 Å². The molecule has 0 atom stereocenters. The van der Waals surface area contributed by atoms with Crippen LogP contribution in [0, 0.1) is 0 Å². The minimum atomic E-state index is 0.0256. The van der Waals surface area contributed by atoms with E-state index in [0.717, 1.165) is 23.7 Å². The summed E-state index contributed by atoms with van der Waals surface area (Å²) in [5.74, 6) is 1.32. The van der Waals surface area contributed by atoms with Crippen LogP contribution in [0.25, 0.3) is 10.2 Å². The third-order valence-electron chi connectivity index (χ3n) is 5.22. The molecule has 0 aliphatic carbocycles. The van der Waals surface area contributed by atoms with E-state index in [9.17, 15) is 4.79 Å². The van der Waals surface area contributed by atoms with E-state index in [1.54, 1.807) is 29.2 Å². The molecule has 1 fully saturated rings. The van der Waals surface area contributed by atoms with Crippen LogP contribution in [0.5, 0.6) is 11.5 Å². The lowest BCUT2D eigenvalue weighted by atomic mass is 10.1. The Morgan fingerprint density at radius 1 is 1.06 bits per heavy atom. The third-order valence-corrected chi connectivity index (χ3v) is 7.07.